The fourth-order valence-electron chi connectivity index (χ4n) is 3.23. The van der Waals surface area contributed by atoms with E-state index in [0.717, 1.165) is 19.4 Å². The molecule has 2 aliphatic heterocycles. The summed E-state index contributed by atoms with van der Waals surface area (Å²) in [6.07, 6.45) is 3.86. The molecular formula is C14H25N3O4. The third kappa shape index (κ3) is 4.86. The van der Waals surface area contributed by atoms with Crippen molar-refractivity contribution in [1.29, 1.82) is 0 Å². The smallest absolute Gasteiger partial charge is 0.315 e. The summed E-state index contributed by atoms with van der Waals surface area (Å²) in [6, 6.07) is 0.589. The normalized spacial score (nSPS) is 26.9. The molecule has 2 saturated heterocycles. The summed E-state index contributed by atoms with van der Waals surface area (Å²) in [5.41, 5.74) is 0. The largest absolute Gasteiger partial charge is 0.481 e. The zero-order valence-corrected chi connectivity index (χ0v) is 12.5. The van der Waals surface area contributed by atoms with E-state index in [1.807, 2.05) is 0 Å². The van der Waals surface area contributed by atoms with E-state index in [1.165, 1.54) is 26.5 Å². The maximum absolute atomic E-state index is 11.9. The van der Waals surface area contributed by atoms with E-state index in [1.54, 1.807) is 0 Å². The van der Waals surface area contributed by atoms with Crippen molar-refractivity contribution >= 4 is 12.0 Å². The van der Waals surface area contributed by atoms with Crippen LogP contribution in [-0.2, 0) is 9.53 Å². The van der Waals surface area contributed by atoms with Gasteiger partial charge in [0.25, 0.3) is 0 Å². The van der Waals surface area contributed by atoms with E-state index in [-0.39, 0.29) is 25.0 Å². The molecular weight excluding hydrogens is 274 g/mol. The Balaban J connectivity index is 1.68. The summed E-state index contributed by atoms with van der Waals surface area (Å²) in [6.45, 7) is 2.44. The number of piperidine rings is 1. The second kappa shape index (κ2) is 7.61. The topological polar surface area (TPSA) is 90.9 Å². The molecule has 21 heavy (non-hydrogen) atoms. The molecule has 0 spiro atoms. The van der Waals surface area contributed by atoms with Crippen LogP contribution in [0.1, 0.15) is 32.1 Å². The summed E-state index contributed by atoms with van der Waals surface area (Å²) in [4.78, 5) is 25.0. The van der Waals surface area contributed by atoms with E-state index < -0.39 is 12.1 Å². The number of methoxy groups -OCH3 is 1. The van der Waals surface area contributed by atoms with Crippen LogP contribution < -0.4 is 10.6 Å². The lowest BCUT2D eigenvalue weighted by molar-refractivity contribution is -0.139. The van der Waals surface area contributed by atoms with Crippen molar-refractivity contribution in [2.75, 3.05) is 26.7 Å². The number of hydrogen-bond donors (Lipinski definition) is 3. The number of fused-ring (bicyclic) bond motifs is 1. The molecule has 120 valence electrons. The second-order valence-electron chi connectivity index (χ2n) is 5.86. The Hall–Kier alpha value is -1.34. The van der Waals surface area contributed by atoms with Gasteiger partial charge in [-0.2, -0.15) is 0 Å². The molecule has 2 aliphatic rings. The van der Waals surface area contributed by atoms with Gasteiger partial charge in [-0.3, -0.25) is 4.79 Å². The number of urea groups is 1. The van der Waals surface area contributed by atoms with Crippen LogP contribution in [0.3, 0.4) is 0 Å². The Morgan fingerprint density at radius 2 is 2.19 bits per heavy atom. The number of rotatable bonds is 6. The van der Waals surface area contributed by atoms with Crippen molar-refractivity contribution in [2.24, 2.45) is 0 Å². The fraction of sp³-hybridized carbons (Fsp3) is 0.857. The van der Waals surface area contributed by atoms with Crippen molar-refractivity contribution in [3.05, 3.63) is 0 Å². The highest BCUT2D eigenvalue weighted by atomic mass is 16.5. The first kappa shape index (κ1) is 16.0. The highest BCUT2D eigenvalue weighted by Crippen LogP contribution is 2.26. The Morgan fingerprint density at radius 3 is 2.90 bits per heavy atom. The molecule has 0 bridgehead atoms. The maximum Gasteiger partial charge on any atom is 0.315 e. The minimum absolute atomic E-state index is 0.114. The summed E-state index contributed by atoms with van der Waals surface area (Å²) in [7, 11) is 1.45. The Bertz CT molecular complexity index is 377. The molecule has 7 heteroatoms. The molecule has 2 fully saturated rings. The molecule has 2 heterocycles. The Morgan fingerprint density at radius 1 is 1.38 bits per heavy atom. The molecule has 0 radical (unpaired) electrons. The van der Waals surface area contributed by atoms with Gasteiger partial charge in [0.1, 0.15) is 0 Å². The first-order valence-corrected chi connectivity index (χ1v) is 7.61. The van der Waals surface area contributed by atoms with Crippen LogP contribution in [0.25, 0.3) is 0 Å². The minimum Gasteiger partial charge on any atom is -0.481 e. The van der Waals surface area contributed by atoms with Crippen LogP contribution in [0.4, 0.5) is 4.79 Å². The number of carboxylic acid groups (broad SMARTS) is 1. The highest BCUT2D eigenvalue weighted by molar-refractivity contribution is 5.74. The van der Waals surface area contributed by atoms with E-state index >= 15 is 0 Å². The zero-order valence-electron chi connectivity index (χ0n) is 12.5. The number of nitrogens with one attached hydrogen (secondary N) is 2. The summed E-state index contributed by atoms with van der Waals surface area (Å²) in [5, 5.41) is 14.4. The first-order valence-electron chi connectivity index (χ1n) is 7.61. The summed E-state index contributed by atoms with van der Waals surface area (Å²) < 4.78 is 5.03. The summed E-state index contributed by atoms with van der Waals surface area (Å²) in [5.74, 6) is -0.933. The summed E-state index contributed by atoms with van der Waals surface area (Å²) >= 11 is 0. The van der Waals surface area contributed by atoms with Crippen LogP contribution in [0.15, 0.2) is 0 Å². The van der Waals surface area contributed by atoms with Crippen LogP contribution in [0, 0.1) is 0 Å². The van der Waals surface area contributed by atoms with E-state index in [4.69, 9.17) is 9.84 Å². The van der Waals surface area contributed by atoms with Crippen LogP contribution in [0.2, 0.25) is 0 Å². The van der Waals surface area contributed by atoms with Gasteiger partial charge in [-0.05, 0) is 32.2 Å². The van der Waals surface area contributed by atoms with Gasteiger partial charge in [0.15, 0.2) is 0 Å². The SMILES string of the molecule is COC(CNC(=O)NC1CCN2CCCC2C1)CC(=O)O. The number of aliphatic carboxylic acids is 1. The van der Waals surface area contributed by atoms with E-state index in [0.29, 0.717) is 6.04 Å². The number of carboxylic acids is 1. The minimum atomic E-state index is -0.933. The van der Waals surface area contributed by atoms with Crippen LogP contribution in [-0.4, -0.2) is 66.9 Å². The lowest BCUT2D eigenvalue weighted by Gasteiger charge is -2.35. The molecule has 7 nitrogen and oxygen atoms in total. The molecule has 0 aromatic carbocycles. The third-order valence-corrected chi connectivity index (χ3v) is 4.38. The standard InChI is InChI=1S/C14H25N3O4/c1-21-12(8-13(18)19)9-15-14(20)16-10-4-6-17-5-2-3-11(17)7-10/h10-12H,2-9H2,1H3,(H,18,19)(H2,15,16,20). The average Bonchev–Trinajstić information content (AvgIpc) is 2.90. The average molecular weight is 299 g/mol. The molecule has 3 N–H and O–H groups in total. The van der Waals surface area contributed by atoms with Gasteiger partial charge in [0.05, 0.1) is 12.5 Å². The van der Waals surface area contributed by atoms with E-state index in [9.17, 15) is 9.59 Å². The number of carbonyl (C=O) groups is 2. The Kier molecular flexibility index (Phi) is 5.81. The predicted molar refractivity (Wildman–Crippen MR) is 77.2 cm³/mol. The molecule has 3 unspecified atom stereocenters. The van der Waals surface area contributed by atoms with Crippen LogP contribution in [0.5, 0.6) is 0 Å². The van der Waals surface area contributed by atoms with Crippen molar-refractivity contribution in [3.63, 3.8) is 0 Å². The number of ether oxygens (including phenoxy) is 1. The van der Waals surface area contributed by atoms with Gasteiger partial charge < -0.3 is 25.4 Å². The molecule has 0 aliphatic carbocycles. The van der Waals surface area contributed by atoms with Crippen molar-refractivity contribution in [1.82, 2.24) is 15.5 Å². The van der Waals surface area contributed by atoms with Gasteiger partial charge in [-0.1, -0.05) is 0 Å². The molecule has 3 atom stereocenters. The monoisotopic (exact) mass is 299 g/mol. The van der Waals surface area contributed by atoms with Gasteiger partial charge in [0.2, 0.25) is 0 Å². The molecule has 0 saturated carbocycles. The third-order valence-electron chi connectivity index (χ3n) is 4.38. The van der Waals surface area contributed by atoms with Gasteiger partial charge in [0, 0.05) is 32.3 Å². The number of amides is 2. The highest BCUT2D eigenvalue weighted by Gasteiger charge is 2.32. The zero-order chi connectivity index (χ0) is 15.2. The quantitative estimate of drug-likeness (QED) is 0.660. The molecule has 0 aromatic heterocycles. The Labute approximate surface area is 125 Å². The lowest BCUT2D eigenvalue weighted by Crippen LogP contribution is -2.50. The molecule has 2 rings (SSSR count). The van der Waals surface area contributed by atoms with Gasteiger partial charge in [-0.15, -0.1) is 0 Å². The van der Waals surface area contributed by atoms with Gasteiger partial charge in [-0.25, -0.2) is 4.79 Å². The van der Waals surface area contributed by atoms with Crippen molar-refractivity contribution in [3.8, 4) is 0 Å². The number of hydrogen-bond acceptors (Lipinski definition) is 4. The number of carbonyl (C=O) groups excluding carboxylic acids is 1. The van der Waals surface area contributed by atoms with Crippen LogP contribution >= 0.6 is 0 Å². The molecule has 2 amide bonds. The fourth-order valence-corrected chi connectivity index (χ4v) is 3.23. The maximum atomic E-state index is 11.9. The lowest BCUT2D eigenvalue weighted by atomic mass is 9.98. The van der Waals surface area contributed by atoms with Crippen molar-refractivity contribution in [2.45, 2.75) is 50.3 Å². The number of nitrogens with zero attached hydrogens (tertiary/aromatic N) is 1. The first-order chi connectivity index (χ1) is 10.1. The second-order valence-corrected chi connectivity index (χ2v) is 5.86. The van der Waals surface area contributed by atoms with Crippen molar-refractivity contribution < 1.29 is 19.4 Å². The van der Waals surface area contributed by atoms with Gasteiger partial charge >= 0.3 is 12.0 Å². The van der Waals surface area contributed by atoms with E-state index in [2.05, 4.69) is 15.5 Å². The molecule has 0 aromatic rings. The predicted octanol–water partition coefficient (Wildman–Crippen LogP) is 0.402.